The number of aryl methyl sites for hydroxylation is 1. The van der Waals surface area contributed by atoms with Crippen LogP contribution < -0.4 is 0 Å². The highest BCUT2D eigenvalue weighted by molar-refractivity contribution is 7.10. The number of fused-ring (bicyclic) bond motifs is 1. The molecule has 0 amide bonds. The monoisotopic (exact) mass is 225 g/mol. The van der Waals surface area contributed by atoms with Crippen molar-refractivity contribution in [2.75, 3.05) is 0 Å². The van der Waals surface area contributed by atoms with Crippen LogP contribution in [0.25, 0.3) is 22.0 Å². The van der Waals surface area contributed by atoms with Crippen molar-refractivity contribution in [3.05, 3.63) is 52.9 Å². The molecule has 2 aromatic heterocycles. The van der Waals surface area contributed by atoms with E-state index >= 15 is 0 Å². The Labute approximate surface area is 98.4 Å². The maximum absolute atomic E-state index is 4.50. The van der Waals surface area contributed by atoms with E-state index in [0.29, 0.717) is 0 Å². The fraction of sp³-hybridized carbons (Fsp3) is 0.0714. The Morgan fingerprint density at radius 3 is 2.81 bits per heavy atom. The molecule has 0 N–H and O–H groups in total. The smallest absolute Gasteiger partial charge is 0.0788 e. The summed E-state index contributed by atoms with van der Waals surface area (Å²) in [6.45, 7) is 2.12. The second-order valence-electron chi connectivity index (χ2n) is 3.83. The molecule has 0 unspecified atom stereocenters. The fourth-order valence-electron chi connectivity index (χ4n) is 1.92. The molecule has 16 heavy (non-hydrogen) atoms. The average Bonchev–Trinajstić information content (AvgIpc) is 2.75. The Morgan fingerprint density at radius 2 is 2.00 bits per heavy atom. The van der Waals surface area contributed by atoms with Crippen molar-refractivity contribution in [1.29, 1.82) is 0 Å². The number of hydrogen-bond acceptors (Lipinski definition) is 2. The summed E-state index contributed by atoms with van der Waals surface area (Å²) in [7, 11) is 0. The van der Waals surface area contributed by atoms with Crippen LogP contribution in [0.15, 0.2) is 48.0 Å². The molecule has 78 valence electrons. The second kappa shape index (κ2) is 3.72. The first-order valence-electron chi connectivity index (χ1n) is 5.24. The molecule has 0 spiro atoms. The maximum atomic E-state index is 4.50. The van der Waals surface area contributed by atoms with Gasteiger partial charge in [0, 0.05) is 27.4 Å². The van der Waals surface area contributed by atoms with E-state index in [1.807, 2.05) is 6.20 Å². The van der Waals surface area contributed by atoms with E-state index in [9.17, 15) is 0 Å². The van der Waals surface area contributed by atoms with Gasteiger partial charge < -0.3 is 0 Å². The molecule has 0 saturated heterocycles. The van der Waals surface area contributed by atoms with E-state index in [4.69, 9.17) is 0 Å². The lowest BCUT2D eigenvalue weighted by Crippen LogP contribution is -1.83. The van der Waals surface area contributed by atoms with Gasteiger partial charge in [-0.2, -0.15) is 0 Å². The van der Waals surface area contributed by atoms with Crippen LogP contribution in [0.4, 0.5) is 0 Å². The van der Waals surface area contributed by atoms with E-state index in [1.165, 1.54) is 21.2 Å². The van der Waals surface area contributed by atoms with Crippen LogP contribution in [0.5, 0.6) is 0 Å². The molecule has 3 rings (SSSR count). The van der Waals surface area contributed by atoms with E-state index in [2.05, 4.69) is 53.7 Å². The summed E-state index contributed by atoms with van der Waals surface area (Å²) < 4.78 is 0. The van der Waals surface area contributed by atoms with Crippen molar-refractivity contribution in [2.45, 2.75) is 6.92 Å². The lowest BCUT2D eigenvalue weighted by Gasteiger charge is -2.02. The van der Waals surface area contributed by atoms with E-state index in [0.717, 1.165) is 5.69 Å². The molecular formula is C14H11NS. The van der Waals surface area contributed by atoms with Gasteiger partial charge in [0.15, 0.2) is 0 Å². The Balaban J connectivity index is 2.31. The minimum Gasteiger partial charge on any atom is -0.256 e. The van der Waals surface area contributed by atoms with Gasteiger partial charge in [-0.05, 0) is 24.4 Å². The van der Waals surface area contributed by atoms with Gasteiger partial charge in [0.25, 0.3) is 0 Å². The van der Waals surface area contributed by atoms with Gasteiger partial charge in [-0.15, -0.1) is 11.3 Å². The van der Waals surface area contributed by atoms with Crippen molar-refractivity contribution < 1.29 is 0 Å². The summed E-state index contributed by atoms with van der Waals surface area (Å²) in [5, 5.41) is 4.64. The van der Waals surface area contributed by atoms with Crippen LogP contribution in [0.2, 0.25) is 0 Å². The highest BCUT2D eigenvalue weighted by atomic mass is 32.1. The minimum absolute atomic E-state index is 1.09. The molecule has 3 aromatic rings. The summed E-state index contributed by atoms with van der Waals surface area (Å²) in [5.74, 6) is 0. The number of aromatic nitrogens is 1. The molecule has 0 saturated carbocycles. The summed E-state index contributed by atoms with van der Waals surface area (Å²) in [5.41, 5.74) is 2.31. The maximum Gasteiger partial charge on any atom is 0.0788 e. The third-order valence-electron chi connectivity index (χ3n) is 2.68. The van der Waals surface area contributed by atoms with Crippen molar-refractivity contribution in [2.24, 2.45) is 0 Å². The van der Waals surface area contributed by atoms with Gasteiger partial charge in [0.05, 0.1) is 5.69 Å². The molecule has 1 nitrogen and oxygen atoms in total. The van der Waals surface area contributed by atoms with Crippen molar-refractivity contribution in [1.82, 2.24) is 4.98 Å². The molecule has 0 bridgehead atoms. The molecule has 0 fully saturated rings. The standard InChI is InChI=1S/C14H11NS/c1-10-8-12(9-16-10)14-13-5-3-2-4-11(13)6-7-15-14/h2-9H,1H3. The van der Waals surface area contributed by atoms with Crippen LogP contribution in [0, 0.1) is 6.92 Å². The molecule has 0 aliphatic heterocycles. The summed E-state index contributed by atoms with van der Waals surface area (Å²) in [6.07, 6.45) is 1.88. The van der Waals surface area contributed by atoms with Gasteiger partial charge >= 0.3 is 0 Å². The largest absolute Gasteiger partial charge is 0.256 e. The topological polar surface area (TPSA) is 12.9 Å². The highest BCUT2D eigenvalue weighted by Crippen LogP contribution is 2.29. The minimum atomic E-state index is 1.09. The van der Waals surface area contributed by atoms with Crippen LogP contribution in [0.1, 0.15) is 4.88 Å². The quantitative estimate of drug-likeness (QED) is 0.602. The van der Waals surface area contributed by atoms with Crippen LogP contribution in [-0.4, -0.2) is 4.98 Å². The van der Waals surface area contributed by atoms with Gasteiger partial charge in [0.2, 0.25) is 0 Å². The van der Waals surface area contributed by atoms with Gasteiger partial charge in [-0.1, -0.05) is 24.3 Å². The molecular weight excluding hydrogens is 214 g/mol. The molecule has 0 radical (unpaired) electrons. The van der Waals surface area contributed by atoms with Crippen LogP contribution in [-0.2, 0) is 0 Å². The highest BCUT2D eigenvalue weighted by Gasteiger charge is 2.05. The zero-order valence-corrected chi connectivity index (χ0v) is 9.79. The van der Waals surface area contributed by atoms with Gasteiger partial charge in [-0.3, -0.25) is 4.98 Å². The summed E-state index contributed by atoms with van der Waals surface area (Å²) in [6, 6.07) is 12.6. The van der Waals surface area contributed by atoms with E-state index < -0.39 is 0 Å². The zero-order valence-electron chi connectivity index (χ0n) is 8.97. The number of thiophene rings is 1. The number of nitrogens with zero attached hydrogens (tertiary/aromatic N) is 1. The predicted octanol–water partition coefficient (Wildman–Crippen LogP) is 4.27. The van der Waals surface area contributed by atoms with Gasteiger partial charge in [0.1, 0.15) is 0 Å². The summed E-state index contributed by atoms with van der Waals surface area (Å²) >= 11 is 1.77. The summed E-state index contributed by atoms with van der Waals surface area (Å²) in [4.78, 5) is 5.82. The third kappa shape index (κ3) is 1.51. The zero-order chi connectivity index (χ0) is 11.0. The predicted molar refractivity (Wildman–Crippen MR) is 69.8 cm³/mol. The lowest BCUT2D eigenvalue weighted by atomic mass is 10.1. The van der Waals surface area contributed by atoms with Crippen molar-refractivity contribution >= 4 is 22.1 Å². The molecule has 2 heteroatoms. The molecule has 0 atom stereocenters. The first kappa shape index (κ1) is 9.55. The molecule has 0 aliphatic carbocycles. The second-order valence-corrected chi connectivity index (χ2v) is 4.94. The number of benzene rings is 1. The Kier molecular flexibility index (Phi) is 2.22. The SMILES string of the molecule is Cc1cc(-c2nccc3ccccc23)cs1. The number of rotatable bonds is 1. The van der Waals surface area contributed by atoms with Crippen LogP contribution in [0.3, 0.4) is 0 Å². The third-order valence-corrected chi connectivity index (χ3v) is 3.54. The normalized spacial score (nSPS) is 10.8. The Morgan fingerprint density at radius 1 is 1.12 bits per heavy atom. The number of pyridine rings is 1. The Bertz CT molecular complexity index is 635. The molecule has 0 aliphatic rings. The average molecular weight is 225 g/mol. The molecule has 2 heterocycles. The lowest BCUT2D eigenvalue weighted by molar-refractivity contribution is 1.36. The number of hydrogen-bond donors (Lipinski definition) is 0. The first-order chi connectivity index (χ1) is 7.84. The van der Waals surface area contributed by atoms with E-state index in [1.54, 1.807) is 11.3 Å². The fourth-order valence-corrected chi connectivity index (χ4v) is 2.60. The molecule has 1 aromatic carbocycles. The first-order valence-corrected chi connectivity index (χ1v) is 6.12. The van der Waals surface area contributed by atoms with Gasteiger partial charge in [-0.25, -0.2) is 0 Å². The van der Waals surface area contributed by atoms with E-state index in [-0.39, 0.29) is 0 Å². The van der Waals surface area contributed by atoms with Crippen molar-refractivity contribution in [3.8, 4) is 11.3 Å². The van der Waals surface area contributed by atoms with Crippen molar-refractivity contribution in [3.63, 3.8) is 0 Å². The van der Waals surface area contributed by atoms with Crippen LogP contribution >= 0.6 is 11.3 Å². The Hall–Kier alpha value is -1.67.